The van der Waals surface area contributed by atoms with E-state index < -0.39 is 0 Å². The van der Waals surface area contributed by atoms with Gasteiger partial charge < -0.3 is 9.80 Å². The highest BCUT2D eigenvalue weighted by molar-refractivity contribution is 5.94. The van der Waals surface area contributed by atoms with Crippen LogP contribution in [0.5, 0.6) is 0 Å². The van der Waals surface area contributed by atoms with Gasteiger partial charge >= 0.3 is 0 Å². The molecule has 1 aromatic heterocycles. The van der Waals surface area contributed by atoms with E-state index >= 15 is 0 Å². The van der Waals surface area contributed by atoms with Crippen molar-refractivity contribution in [3.05, 3.63) is 59.5 Å². The van der Waals surface area contributed by atoms with Gasteiger partial charge in [0.1, 0.15) is 11.9 Å². The molecular formula is C20H18FN5. The van der Waals surface area contributed by atoms with Crippen LogP contribution in [-0.4, -0.2) is 36.4 Å². The van der Waals surface area contributed by atoms with Crippen LogP contribution >= 0.6 is 0 Å². The summed E-state index contributed by atoms with van der Waals surface area (Å²) in [5.41, 5.74) is 4.16. The van der Waals surface area contributed by atoms with Crippen LogP contribution in [0.3, 0.4) is 0 Å². The maximum absolute atomic E-state index is 13.1. The quantitative estimate of drug-likeness (QED) is 0.712. The van der Waals surface area contributed by atoms with Crippen molar-refractivity contribution in [1.29, 1.82) is 5.26 Å². The fourth-order valence-electron chi connectivity index (χ4n) is 3.44. The number of aryl methyl sites for hydroxylation is 1. The molecule has 0 saturated carbocycles. The Labute approximate surface area is 151 Å². The standard InChI is InChI=1S/C20H18FN5/c1-14-2-7-18-17(12-14)20(19(13-22)24-23-18)26-10-8-25(9-11-26)16-5-3-15(21)4-6-16/h2-7,12H,8-11H2,1H3. The van der Waals surface area contributed by atoms with Crippen LogP contribution in [-0.2, 0) is 0 Å². The highest BCUT2D eigenvalue weighted by atomic mass is 19.1. The summed E-state index contributed by atoms with van der Waals surface area (Å²) in [6.45, 7) is 5.15. The predicted molar refractivity (Wildman–Crippen MR) is 99.8 cm³/mol. The lowest BCUT2D eigenvalue weighted by Crippen LogP contribution is -2.47. The molecule has 3 aromatic rings. The summed E-state index contributed by atoms with van der Waals surface area (Å²) in [4.78, 5) is 4.43. The number of piperazine rings is 1. The highest BCUT2D eigenvalue weighted by Gasteiger charge is 2.23. The lowest BCUT2D eigenvalue weighted by atomic mass is 10.1. The van der Waals surface area contributed by atoms with Crippen LogP contribution in [0.2, 0.25) is 0 Å². The lowest BCUT2D eigenvalue weighted by Gasteiger charge is -2.37. The molecule has 0 spiro atoms. The Morgan fingerprint density at radius 1 is 0.962 bits per heavy atom. The van der Waals surface area contributed by atoms with E-state index in [0.717, 1.165) is 54.0 Å². The van der Waals surface area contributed by atoms with Gasteiger partial charge in [0.25, 0.3) is 0 Å². The smallest absolute Gasteiger partial charge is 0.187 e. The zero-order valence-corrected chi connectivity index (χ0v) is 14.5. The molecule has 26 heavy (non-hydrogen) atoms. The number of halogens is 1. The normalized spacial score (nSPS) is 14.5. The monoisotopic (exact) mass is 347 g/mol. The molecule has 2 heterocycles. The maximum Gasteiger partial charge on any atom is 0.187 e. The summed E-state index contributed by atoms with van der Waals surface area (Å²) in [6.07, 6.45) is 0. The van der Waals surface area contributed by atoms with Crippen molar-refractivity contribution < 1.29 is 4.39 Å². The first kappa shape index (κ1) is 16.3. The summed E-state index contributed by atoms with van der Waals surface area (Å²) < 4.78 is 13.1. The summed E-state index contributed by atoms with van der Waals surface area (Å²) in [7, 11) is 0. The Morgan fingerprint density at radius 3 is 2.35 bits per heavy atom. The first-order valence-electron chi connectivity index (χ1n) is 8.58. The minimum Gasteiger partial charge on any atom is -0.368 e. The maximum atomic E-state index is 13.1. The summed E-state index contributed by atoms with van der Waals surface area (Å²) >= 11 is 0. The molecule has 1 saturated heterocycles. The molecule has 0 aliphatic carbocycles. The van der Waals surface area contributed by atoms with Crippen LogP contribution in [0.4, 0.5) is 15.8 Å². The van der Waals surface area contributed by atoms with E-state index in [9.17, 15) is 9.65 Å². The second-order valence-corrected chi connectivity index (χ2v) is 6.48. The molecule has 0 atom stereocenters. The van der Waals surface area contributed by atoms with E-state index in [1.807, 2.05) is 19.1 Å². The molecule has 1 aliphatic rings. The SMILES string of the molecule is Cc1ccc2nnc(C#N)c(N3CCN(c4ccc(F)cc4)CC3)c2c1. The largest absolute Gasteiger partial charge is 0.368 e. The molecule has 5 nitrogen and oxygen atoms in total. The topological polar surface area (TPSA) is 56.1 Å². The number of aromatic nitrogens is 2. The molecular weight excluding hydrogens is 329 g/mol. The molecule has 1 fully saturated rings. The van der Waals surface area contributed by atoms with Gasteiger partial charge in [-0.1, -0.05) is 11.6 Å². The number of nitriles is 1. The highest BCUT2D eigenvalue weighted by Crippen LogP contribution is 2.30. The Morgan fingerprint density at radius 2 is 1.65 bits per heavy atom. The number of nitrogens with zero attached hydrogens (tertiary/aromatic N) is 5. The Kier molecular flexibility index (Phi) is 4.13. The van der Waals surface area contributed by atoms with Gasteiger partial charge in [0.15, 0.2) is 5.69 Å². The number of hydrogen-bond donors (Lipinski definition) is 0. The number of rotatable bonds is 2. The van der Waals surface area contributed by atoms with Crippen molar-refractivity contribution in [2.45, 2.75) is 6.92 Å². The van der Waals surface area contributed by atoms with Gasteiger partial charge in [-0.2, -0.15) is 5.26 Å². The van der Waals surface area contributed by atoms with Crippen molar-refractivity contribution in [1.82, 2.24) is 10.2 Å². The fraction of sp³-hybridized carbons (Fsp3) is 0.250. The second-order valence-electron chi connectivity index (χ2n) is 6.48. The molecule has 0 N–H and O–H groups in total. The molecule has 130 valence electrons. The van der Waals surface area contributed by atoms with Crippen molar-refractivity contribution in [3.8, 4) is 6.07 Å². The van der Waals surface area contributed by atoms with Gasteiger partial charge in [0, 0.05) is 37.3 Å². The van der Waals surface area contributed by atoms with E-state index in [4.69, 9.17) is 0 Å². The summed E-state index contributed by atoms with van der Waals surface area (Å²) in [5.74, 6) is -0.226. The summed E-state index contributed by atoms with van der Waals surface area (Å²) in [6, 6.07) is 14.8. The fourth-order valence-corrected chi connectivity index (χ4v) is 3.44. The number of benzene rings is 2. The van der Waals surface area contributed by atoms with Gasteiger partial charge in [-0.25, -0.2) is 4.39 Å². The number of hydrogen-bond acceptors (Lipinski definition) is 5. The van der Waals surface area contributed by atoms with Gasteiger partial charge in [0.05, 0.1) is 11.2 Å². The van der Waals surface area contributed by atoms with Gasteiger partial charge in [-0.3, -0.25) is 0 Å². The van der Waals surface area contributed by atoms with E-state index in [0.29, 0.717) is 5.69 Å². The van der Waals surface area contributed by atoms with Gasteiger partial charge in [0.2, 0.25) is 0 Å². The molecule has 0 amide bonds. The Hall–Kier alpha value is -3.20. The lowest BCUT2D eigenvalue weighted by molar-refractivity contribution is 0.624. The number of fused-ring (bicyclic) bond motifs is 1. The van der Waals surface area contributed by atoms with E-state index in [2.05, 4.69) is 32.1 Å². The predicted octanol–water partition coefficient (Wildman–Crippen LogP) is 3.28. The van der Waals surface area contributed by atoms with Crippen molar-refractivity contribution >= 4 is 22.3 Å². The average Bonchev–Trinajstić information content (AvgIpc) is 2.68. The van der Waals surface area contributed by atoms with Crippen molar-refractivity contribution in [2.75, 3.05) is 36.0 Å². The molecule has 4 rings (SSSR count). The van der Waals surface area contributed by atoms with Crippen LogP contribution in [0, 0.1) is 24.1 Å². The van der Waals surface area contributed by atoms with E-state index in [1.165, 1.54) is 12.1 Å². The molecule has 0 radical (unpaired) electrons. The van der Waals surface area contributed by atoms with Gasteiger partial charge in [-0.05, 0) is 43.3 Å². The van der Waals surface area contributed by atoms with Crippen LogP contribution in [0.15, 0.2) is 42.5 Å². The van der Waals surface area contributed by atoms with E-state index in [-0.39, 0.29) is 5.82 Å². The molecule has 0 bridgehead atoms. The Bertz CT molecular complexity index is 985. The first-order valence-corrected chi connectivity index (χ1v) is 8.58. The second kappa shape index (κ2) is 6.60. The van der Waals surface area contributed by atoms with E-state index in [1.54, 1.807) is 12.1 Å². The van der Waals surface area contributed by atoms with Crippen LogP contribution in [0.1, 0.15) is 11.3 Å². The van der Waals surface area contributed by atoms with Gasteiger partial charge in [-0.15, -0.1) is 10.2 Å². The summed E-state index contributed by atoms with van der Waals surface area (Å²) in [5, 5.41) is 18.8. The zero-order valence-electron chi connectivity index (χ0n) is 14.5. The minimum absolute atomic E-state index is 0.226. The van der Waals surface area contributed by atoms with Crippen LogP contribution < -0.4 is 9.80 Å². The van der Waals surface area contributed by atoms with Crippen molar-refractivity contribution in [2.24, 2.45) is 0 Å². The molecule has 6 heteroatoms. The number of anilines is 2. The first-order chi connectivity index (χ1) is 12.7. The Balaban J connectivity index is 1.64. The van der Waals surface area contributed by atoms with Crippen LogP contribution in [0.25, 0.3) is 10.9 Å². The molecule has 0 unspecified atom stereocenters. The molecule has 2 aromatic carbocycles. The third-order valence-electron chi connectivity index (χ3n) is 4.78. The zero-order chi connectivity index (χ0) is 18.1. The molecule has 1 aliphatic heterocycles. The minimum atomic E-state index is -0.226. The average molecular weight is 347 g/mol. The third-order valence-corrected chi connectivity index (χ3v) is 4.78. The van der Waals surface area contributed by atoms with Crippen molar-refractivity contribution in [3.63, 3.8) is 0 Å². The third kappa shape index (κ3) is 2.92.